The molecule has 2 aromatic carbocycles. The summed E-state index contributed by atoms with van der Waals surface area (Å²) in [6.07, 6.45) is 0. The lowest BCUT2D eigenvalue weighted by molar-refractivity contribution is 0.415. The Kier molecular flexibility index (Phi) is 3.36. The van der Waals surface area contributed by atoms with E-state index < -0.39 is 0 Å². The van der Waals surface area contributed by atoms with Gasteiger partial charge in [-0.15, -0.1) is 10.2 Å². The van der Waals surface area contributed by atoms with Gasteiger partial charge in [0.1, 0.15) is 11.8 Å². The highest BCUT2D eigenvalue weighted by Gasteiger charge is 2.10. The number of hydrogen-bond acceptors (Lipinski definition) is 5. The topological polar surface area (TPSA) is 70.8 Å². The van der Waals surface area contributed by atoms with Crippen LogP contribution in [-0.2, 0) is 0 Å². The van der Waals surface area contributed by atoms with Crippen LogP contribution < -0.4 is 10.1 Å². The predicted molar refractivity (Wildman–Crippen MR) is 80.5 cm³/mol. The number of hydrogen-bond donors (Lipinski definition) is 1. The number of nitriles is 1. The predicted octanol–water partition coefficient (Wildman–Crippen LogP) is 3.25. The molecule has 3 aromatic rings. The Bertz CT molecular complexity index is 839. The summed E-state index contributed by atoms with van der Waals surface area (Å²) in [6, 6.07) is 17.1. The molecule has 5 heteroatoms. The fraction of sp³-hybridized carbons (Fsp3) is 0.0625. The van der Waals surface area contributed by atoms with Crippen LogP contribution in [0.25, 0.3) is 10.9 Å². The van der Waals surface area contributed by atoms with Crippen molar-refractivity contribution in [2.75, 3.05) is 12.4 Å². The Morgan fingerprint density at radius 3 is 2.76 bits per heavy atom. The van der Waals surface area contributed by atoms with Crippen molar-refractivity contribution >= 4 is 22.3 Å². The first-order valence-electron chi connectivity index (χ1n) is 6.38. The van der Waals surface area contributed by atoms with Crippen LogP contribution in [0.2, 0.25) is 0 Å². The van der Waals surface area contributed by atoms with Gasteiger partial charge in [-0.1, -0.05) is 24.3 Å². The van der Waals surface area contributed by atoms with E-state index in [9.17, 15) is 5.26 Å². The second-order valence-electron chi connectivity index (χ2n) is 4.41. The number of fused-ring (bicyclic) bond motifs is 1. The van der Waals surface area contributed by atoms with Crippen LogP contribution in [0.5, 0.6) is 5.75 Å². The molecule has 0 aliphatic rings. The number of nitrogens with zero attached hydrogens (tertiary/aromatic N) is 3. The maximum Gasteiger partial charge on any atom is 0.187 e. The SMILES string of the molecule is COc1cccc(Nc2c(C#N)nnc3ccccc23)c1. The van der Waals surface area contributed by atoms with Crippen LogP contribution in [0.1, 0.15) is 5.69 Å². The van der Waals surface area contributed by atoms with E-state index in [2.05, 4.69) is 21.6 Å². The third kappa shape index (κ3) is 2.47. The molecule has 0 saturated heterocycles. The van der Waals surface area contributed by atoms with Gasteiger partial charge in [-0.3, -0.25) is 0 Å². The molecule has 102 valence electrons. The molecule has 5 nitrogen and oxygen atoms in total. The molecule has 0 saturated carbocycles. The molecule has 0 aliphatic carbocycles. The van der Waals surface area contributed by atoms with Crippen molar-refractivity contribution in [1.82, 2.24) is 10.2 Å². The summed E-state index contributed by atoms with van der Waals surface area (Å²) in [5.74, 6) is 0.741. The van der Waals surface area contributed by atoms with Crippen molar-refractivity contribution in [3.8, 4) is 11.8 Å². The van der Waals surface area contributed by atoms with Gasteiger partial charge >= 0.3 is 0 Å². The van der Waals surface area contributed by atoms with E-state index in [-0.39, 0.29) is 5.69 Å². The van der Waals surface area contributed by atoms with Crippen LogP contribution >= 0.6 is 0 Å². The molecule has 0 unspecified atom stereocenters. The molecule has 0 spiro atoms. The smallest absolute Gasteiger partial charge is 0.187 e. The molecule has 0 aliphatic heterocycles. The van der Waals surface area contributed by atoms with Gasteiger partial charge in [0.2, 0.25) is 0 Å². The van der Waals surface area contributed by atoms with Gasteiger partial charge < -0.3 is 10.1 Å². The summed E-state index contributed by atoms with van der Waals surface area (Å²) in [5, 5.41) is 21.3. The number of aromatic nitrogens is 2. The largest absolute Gasteiger partial charge is 0.497 e. The average molecular weight is 276 g/mol. The maximum absolute atomic E-state index is 9.24. The van der Waals surface area contributed by atoms with Crippen molar-refractivity contribution in [2.24, 2.45) is 0 Å². The van der Waals surface area contributed by atoms with E-state index in [1.165, 1.54) is 0 Å². The first-order valence-corrected chi connectivity index (χ1v) is 6.38. The molecule has 0 radical (unpaired) electrons. The zero-order chi connectivity index (χ0) is 14.7. The van der Waals surface area contributed by atoms with Crippen molar-refractivity contribution in [3.05, 3.63) is 54.2 Å². The number of anilines is 2. The summed E-state index contributed by atoms with van der Waals surface area (Å²) in [4.78, 5) is 0. The first-order chi connectivity index (χ1) is 10.3. The van der Waals surface area contributed by atoms with Gasteiger partial charge in [-0.25, -0.2) is 0 Å². The highest BCUT2D eigenvalue weighted by Crippen LogP contribution is 2.28. The lowest BCUT2D eigenvalue weighted by atomic mass is 10.1. The van der Waals surface area contributed by atoms with E-state index in [0.717, 1.165) is 22.3 Å². The van der Waals surface area contributed by atoms with Crippen LogP contribution in [0, 0.1) is 11.3 Å². The molecule has 1 aromatic heterocycles. The number of rotatable bonds is 3. The quantitative estimate of drug-likeness (QED) is 0.795. The molecule has 1 N–H and O–H groups in total. The van der Waals surface area contributed by atoms with Gasteiger partial charge in [0.15, 0.2) is 5.69 Å². The maximum atomic E-state index is 9.24. The fourth-order valence-electron chi connectivity index (χ4n) is 2.10. The molecular formula is C16H12N4O. The number of nitrogens with one attached hydrogen (secondary N) is 1. The third-order valence-electron chi connectivity index (χ3n) is 3.11. The molecule has 1 heterocycles. The third-order valence-corrected chi connectivity index (χ3v) is 3.11. The number of methoxy groups -OCH3 is 1. The van der Waals surface area contributed by atoms with Gasteiger partial charge in [-0.05, 0) is 18.2 Å². The standard InChI is InChI=1S/C16H12N4O/c1-21-12-6-4-5-11(9-12)18-16-13-7-2-3-8-14(13)19-20-15(16)10-17/h2-9H,1H3,(H,18,19). The fourth-order valence-corrected chi connectivity index (χ4v) is 2.10. The van der Waals surface area contributed by atoms with Gasteiger partial charge in [0.05, 0.1) is 18.3 Å². The molecule has 3 rings (SSSR count). The van der Waals surface area contributed by atoms with E-state index in [1.807, 2.05) is 48.5 Å². The lowest BCUT2D eigenvalue weighted by Crippen LogP contribution is -2.00. The Hall–Kier alpha value is -3.13. The van der Waals surface area contributed by atoms with Crippen LogP contribution in [0.4, 0.5) is 11.4 Å². The van der Waals surface area contributed by atoms with E-state index >= 15 is 0 Å². The van der Waals surface area contributed by atoms with E-state index in [4.69, 9.17) is 4.74 Å². The molecule has 21 heavy (non-hydrogen) atoms. The molecule has 0 fully saturated rings. The minimum absolute atomic E-state index is 0.261. The number of ether oxygens (including phenoxy) is 1. The Morgan fingerprint density at radius 2 is 1.95 bits per heavy atom. The lowest BCUT2D eigenvalue weighted by Gasteiger charge is -2.11. The highest BCUT2D eigenvalue weighted by molar-refractivity contribution is 5.94. The first kappa shape index (κ1) is 12.9. The van der Waals surface area contributed by atoms with Crippen LogP contribution in [0.15, 0.2) is 48.5 Å². The monoisotopic (exact) mass is 276 g/mol. The summed E-state index contributed by atoms with van der Waals surface area (Å²) in [6.45, 7) is 0. The Labute approximate surface area is 121 Å². The molecule has 0 atom stereocenters. The molecule has 0 bridgehead atoms. The second-order valence-corrected chi connectivity index (χ2v) is 4.41. The zero-order valence-corrected chi connectivity index (χ0v) is 11.4. The van der Waals surface area contributed by atoms with Crippen molar-refractivity contribution < 1.29 is 4.74 Å². The van der Waals surface area contributed by atoms with Crippen molar-refractivity contribution in [1.29, 1.82) is 5.26 Å². The van der Waals surface area contributed by atoms with Gasteiger partial charge in [0.25, 0.3) is 0 Å². The Balaban J connectivity index is 2.12. The minimum Gasteiger partial charge on any atom is -0.497 e. The van der Waals surface area contributed by atoms with Crippen LogP contribution in [0.3, 0.4) is 0 Å². The second kappa shape index (κ2) is 5.47. The summed E-state index contributed by atoms with van der Waals surface area (Å²) >= 11 is 0. The normalized spacial score (nSPS) is 10.1. The summed E-state index contributed by atoms with van der Waals surface area (Å²) in [5.41, 5.74) is 2.47. The van der Waals surface area contributed by atoms with Gasteiger partial charge in [-0.2, -0.15) is 5.26 Å². The Morgan fingerprint density at radius 1 is 1.10 bits per heavy atom. The van der Waals surface area contributed by atoms with E-state index in [1.54, 1.807) is 7.11 Å². The van der Waals surface area contributed by atoms with Crippen LogP contribution in [-0.4, -0.2) is 17.3 Å². The molecular weight excluding hydrogens is 264 g/mol. The highest BCUT2D eigenvalue weighted by atomic mass is 16.5. The van der Waals surface area contributed by atoms with Crippen molar-refractivity contribution in [3.63, 3.8) is 0 Å². The molecule has 0 amide bonds. The van der Waals surface area contributed by atoms with Crippen molar-refractivity contribution in [2.45, 2.75) is 0 Å². The van der Waals surface area contributed by atoms with Gasteiger partial charge in [0, 0.05) is 17.1 Å². The summed E-state index contributed by atoms with van der Waals surface area (Å²) < 4.78 is 5.20. The zero-order valence-electron chi connectivity index (χ0n) is 11.4. The van der Waals surface area contributed by atoms with E-state index in [0.29, 0.717) is 5.69 Å². The number of benzene rings is 2. The summed E-state index contributed by atoms with van der Waals surface area (Å²) in [7, 11) is 1.61. The average Bonchev–Trinajstić information content (AvgIpc) is 2.55. The minimum atomic E-state index is 0.261.